The molecule has 0 aliphatic carbocycles. The molecule has 0 aromatic heterocycles. The summed E-state index contributed by atoms with van der Waals surface area (Å²) >= 11 is 0. The Bertz CT molecular complexity index is 923. The molecule has 10 heteroatoms. The molecule has 0 atom stereocenters. The number of carbonyl (C=O) groups is 2. The number of nitrogens with one attached hydrogen (secondary N) is 1. The summed E-state index contributed by atoms with van der Waals surface area (Å²) in [4.78, 5) is 24.3. The molecule has 1 fully saturated rings. The molecule has 3 rings (SSSR count). The van der Waals surface area contributed by atoms with E-state index in [9.17, 15) is 18.0 Å². The third kappa shape index (κ3) is 4.76. The summed E-state index contributed by atoms with van der Waals surface area (Å²) in [6.07, 6.45) is 3.13. The van der Waals surface area contributed by atoms with E-state index in [0.717, 1.165) is 24.3 Å². The topological polar surface area (TPSA) is 108 Å². The monoisotopic (exact) mass is 422 g/mol. The fraction of sp³-hybridized carbons (Fsp3) is 0.526. The number of anilines is 1. The van der Waals surface area contributed by atoms with E-state index in [0.29, 0.717) is 25.4 Å². The highest BCUT2D eigenvalue weighted by molar-refractivity contribution is 7.89. The molecule has 0 saturated carbocycles. The molecule has 2 amide bonds. The fourth-order valence-corrected chi connectivity index (χ4v) is 4.87. The van der Waals surface area contributed by atoms with Gasteiger partial charge in [-0.2, -0.15) is 9.41 Å². The van der Waals surface area contributed by atoms with Crippen molar-refractivity contribution in [2.45, 2.75) is 43.9 Å². The van der Waals surface area contributed by atoms with Gasteiger partial charge in [-0.3, -0.25) is 9.59 Å². The van der Waals surface area contributed by atoms with Gasteiger partial charge in [0, 0.05) is 33.0 Å². The zero-order valence-corrected chi connectivity index (χ0v) is 17.5. The van der Waals surface area contributed by atoms with Crippen LogP contribution in [0.4, 0.5) is 5.69 Å². The number of nitrogens with zero attached hydrogens (tertiary/aromatic N) is 3. The van der Waals surface area contributed by atoms with E-state index in [4.69, 9.17) is 4.74 Å². The van der Waals surface area contributed by atoms with Crippen LogP contribution in [0.15, 0.2) is 28.2 Å². The highest BCUT2D eigenvalue weighted by Gasteiger charge is 2.28. The largest absolute Gasteiger partial charge is 0.492 e. The van der Waals surface area contributed by atoms with Crippen molar-refractivity contribution in [3.8, 4) is 5.75 Å². The molecule has 158 valence electrons. The predicted octanol–water partition coefficient (Wildman–Crippen LogP) is 1.81. The molecule has 29 heavy (non-hydrogen) atoms. The molecule has 2 aliphatic rings. The van der Waals surface area contributed by atoms with E-state index in [1.54, 1.807) is 13.0 Å². The van der Waals surface area contributed by atoms with E-state index in [2.05, 4.69) is 10.4 Å². The summed E-state index contributed by atoms with van der Waals surface area (Å²) in [5.74, 6) is -0.275. The van der Waals surface area contributed by atoms with Crippen LogP contribution in [0.1, 0.15) is 39.0 Å². The van der Waals surface area contributed by atoms with Crippen LogP contribution < -0.4 is 10.1 Å². The van der Waals surface area contributed by atoms with Crippen LogP contribution in [0.3, 0.4) is 0 Å². The first-order valence-corrected chi connectivity index (χ1v) is 11.2. The molecule has 1 saturated heterocycles. The minimum absolute atomic E-state index is 0.107. The van der Waals surface area contributed by atoms with E-state index < -0.39 is 15.9 Å². The van der Waals surface area contributed by atoms with Crippen LogP contribution in [-0.2, 0) is 19.6 Å². The maximum absolute atomic E-state index is 13.0. The molecule has 1 aromatic carbocycles. The molecular weight excluding hydrogens is 396 g/mol. The van der Waals surface area contributed by atoms with Gasteiger partial charge in [0.05, 0.1) is 17.2 Å². The maximum Gasteiger partial charge on any atom is 0.271 e. The fourth-order valence-electron chi connectivity index (χ4n) is 3.33. The third-order valence-electron chi connectivity index (χ3n) is 4.92. The Morgan fingerprint density at radius 2 is 1.93 bits per heavy atom. The number of ether oxygens (including phenoxy) is 1. The van der Waals surface area contributed by atoms with Gasteiger partial charge >= 0.3 is 0 Å². The molecule has 0 radical (unpaired) electrons. The number of sulfonamides is 1. The standard InChI is InChI=1S/C19H26N4O5S/c1-3-28-17-9-7-14(29(26,27)23-11-5-4-6-12-23)13-16(17)20-19(25)15-8-10-18(24)22(2)21-15/h7,9,13H,3-6,8,10-12H2,1-2H3,(H,20,25). The Morgan fingerprint density at radius 3 is 2.59 bits per heavy atom. The summed E-state index contributed by atoms with van der Waals surface area (Å²) in [5.41, 5.74) is 0.469. The zero-order chi connectivity index (χ0) is 21.0. The van der Waals surface area contributed by atoms with Gasteiger partial charge in [-0.1, -0.05) is 6.42 Å². The van der Waals surface area contributed by atoms with Crippen molar-refractivity contribution in [3.05, 3.63) is 18.2 Å². The summed E-state index contributed by atoms with van der Waals surface area (Å²) in [6, 6.07) is 4.47. The first-order chi connectivity index (χ1) is 13.8. The van der Waals surface area contributed by atoms with E-state index in [1.807, 2.05) is 0 Å². The molecule has 0 spiro atoms. The second-order valence-electron chi connectivity index (χ2n) is 6.97. The lowest BCUT2D eigenvalue weighted by Gasteiger charge is -2.26. The summed E-state index contributed by atoms with van der Waals surface area (Å²) in [6.45, 7) is 3.15. The van der Waals surface area contributed by atoms with Gasteiger partial charge in [0.15, 0.2) is 0 Å². The molecule has 2 heterocycles. The van der Waals surface area contributed by atoms with Crippen LogP contribution in [0.5, 0.6) is 5.75 Å². The van der Waals surface area contributed by atoms with Crippen molar-refractivity contribution in [1.82, 2.24) is 9.31 Å². The van der Waals surface area contributed by atoms with E-state index in [-0.39, 0.29) is 35.0 Å². The number of hydrogen-bond donors (Lipinski definition) is 1. The number of benzene rings is 1. The van der Waals surface area contributed by atoms with Crippen LogP contribution in [-0.4, -0.2) is 62.0 Å². The van der Waals surface area contributed by atoms with E-state index in [1.165, 1.54) is 23.5 Å². The van der Waals surface area contributed by atoms with Crippen molar-refractivity contribution in [2.75, 3.05) is 32.1 Å². The van der Waals surface area contributed by atoms with Crippen molar-refractivity contribution in [3.63, 3.8) is 0 Å². The lowest BCUT2D eigenvalue weighted by Crippen LogP contribution is -2.36. The summed E-state index contributed by atoms with van der Waals surface area (Å²) in [7, 11) is -2.16. The maximum atomic E-state index is 13.0. The molecule has 0 unspecified atom stereocenters. The number of piperidine rings is 1. The molecule has 0 bridgehead atoms. The van der Waals surface area contributed by atoms with Gasteiger partial charge in [-0.05, 0) is 38.0 Å². The van der Waals surface area contributed by atoms with Gasteiger partial charge < -0.3 is 10.1 Å². The van der Waals surface area contributed by atoms with Gasteiger partial charge in [-0.15, -0.1) is 0 Å². The van der Waals surface area contributed by atoms with Crippen molar-refractivity contribution in [1.29, 1.82) is 0 Å². The van der Waals surface area contributed by atoms with Crippen molar-refractivity contribution >= 4 is 33.2 Å². The molecule has 2 aliphatic heterocycles. The SMILES string of the molecule is CCOc1ccc(S(=O)(=O)N2CCCCC2)cc1NC(=O)C1=NN(C)C(=O)CC1. The number of amides is 2. The highest BCUT2D eigenvalue weighted by atomic mass is 32.2. The van der Waals surface area contributed by atoms with Crippen molar-refractivity contribution in [2.24, 2.45) is 5.10 Å². The van der Waals surface area contributed by atoms with Gasteiger partial charge in [0.1, 0.15) is 11.5 Å². The lowest BCUT2D eigenvalue weighted by atomic mass is 10.1. The molecular formula is C19H26N4O5S. The summed E-state index contributed by atoms with van der Waals surface area (Å²) < 4.78 is 33.0. The second-order valence-corrected chi connectivity index (χ2v) is 8.91. The quantitative estimate of drug-likeness (QED) is 0.752. The first kappa shape index (κ1) is 21.3. The number of carbonyl (C=O) groups excluding carboxylic acids is 2. The van der Waals surface area contributed by atoms with Crippen LogP contribution in [0.25, 0.3) is 0 Å². The zero-order valence-electron chi connectivity index (χ0n) is 16.7. The minimum atomic E-state index is -3.65. The van der Waals surface area contributed by atoms with Gasteiger partial charge in [0.25, 0.3) is 5.91 Å². The Labute approximate surface area is 170 Å². The Morgan fingerprint density at radius 1 is 1.21 bits per heavy atom. The second kappa shape index (κ2) is 8.91. The summed E-state index contributed by atoms with van der Waals surface area (Å²) in [5, 5.41) is 7.84. The van der Waals surface area contributed by atoms with Crippen LogP contribution >= 0.6 is 0 Å². The minimum Gasteiger partial charge on any atom is -0.492 e. The number of hydrazone groups is 1. The average Bonchev–Trinajstić information content (AvgIpc) is 2.72. The Balaban J connectivity index is 1.88. The van der Waals surface area contributed by atoms with Gasteiger partial charge in [-0.25, -0.2) is 13.4 Å². The van der Waals surface area contributed by atoms with Crippen LogP contribution in [0.2, 0.25) is 0 Å². The highest BCUT2D eigenvalue weighted by Crippen LogP contribution is 2.30. The van der Waals surface area contributed by atoms with Crippen molar-refractivity contribution < 1.29 is 22.7 Å². The molecule has 1 aromatic rings. The van der Waals surface area contributed by atoms with Gasteiger partial charge in [0.2, 0.25) is 15.9 Å². The van der Waals surface area contributed by atoms with E-state index >= 15 is 0 Å². The Kier molecular flexibility index (Phi) is 6.53. The number of hydrogen-bond acceptors (Lipinski definition) is 6. The predicted molar refractivity (Wildman–Crippen MR) is 108 cm³/mol. The first-order valence-electron chi connectivity index (χ1n) is 9.75. The lowest BCUT2D eigenvalue weighted by molar-refractivity contribution is -0.130. The average molecular weight is 423 g/mol. The normalized spacial score (nSPS) is 18.3. The molecule has 1 N–H and O–H groups in total. The third-order valence-corrected chi connectivity index (χ3v) is 6.82. The Hall–Kier alpha value is -2.46. The number of rotatable bonds is 6. The smallest absolute Gasteiger partial charge is 0.271 e. The van der Waals surface area contributed by atoms with Crippen LogP contribution in [0, 0.1) is 0 Å². The molecule has 9 nitrogen and oxygen atoms in total.